The predicted molar refractivity (Wildman–Crippen MR) is 91.8 cm³/mol. The number of hydrogen-bond acceptors (Lipinski definition) is 9. The fraction of sp³-hybridized carbons (Fsp3) is 0.688. The molecule has 0 spiro atoms. The van der Waals surface area contributed by atoms with E-state index < -0.39 is 42.1 Å². The maximum atomic E-state index is 12.3. The van der Waals surface area contributed by atoms with E-state index in [0.29, 0.717) is 11.0 Å². The van der Waals surface area contributed by atoms with Gasteiger partial charge in [0, 0.05) is 6.20 Å². The van der Waals surface area contributed by atoms with Gasteiger partial charge in [-0.3, -0.25) is 5.32 Å². The summed E-state index contributed by atoms with van der Waals surface area (Å²) in [4.78, 5) is 27.5. The third-order valence-corrected chi connectivity index (χ3v) is 4.42. The Hall–Kier alpha value is -2.05. The highest BCUT2D eigenvalue weighted by Gasteiger charge is 2.64. The Morgan fingerprint density at radius 3 is 2.70 bits per heavy atom. The molecule has 2 rings (SSSR count). The monoisotopic (exact) mass is 387 g/mol. The van der Waals surface area contributed by atoms with Crippen LogP contribution < -0.4 is 11.0 Å². The number of aromatic nitrogens is 2. The molecule has 1 saturated heterocycles. The largest absolute Gasteiger partial charge is 0.449 e. The molecule has 27 heavy (non-hydrogen) atoms. The highest BCUT2D eigenvalue weighted by atomic mass is 16.7. The fourth-order valence-corrected chi connectivity index (χ4v) is 2.75. The van der Waals surface area contributed by atoms with Crippen molar-refractivity contribution < 1.29 is 34.7 Å². The van der Waals surface area contributed by atoms with E-state index in [1.54, 1.807) is 0 Å². The van der Waals surface area contributed by atoms with Crippen molar-refractivity contribution in [1.82, 2.24) is 9.55 Å². The number of aliphatic hydroxyl groups excluding tert-OH is 2. The number of hydrogen-bond donors (Lipinski definition) is 5. The standard InChI is InChI=1S/C16H25N3O8/c1-3-4-5-8-26-14(23)18-11-6-7-19(13(22)17-11)16(25)15(2,24)12(21)10(9-20)27-16/h6-7,10,12,20-21,24-25H,3-5,8-9H2,1-2H3,(H,17,18,22,23)/t10-,12-,15-,16-/m1/s1. The van der Waals surface area contributed by atoms with Crippen LogP contribution in [-0.4, -0.2) is 67.1 Å². The molecule has 0 radical (unpaired) electrons. The van der Waals surface area contributed by atoms with Crippen molar-refractivity contribution in [3.05, 3.63) is 22.7 Å². The van der Waals surface area contributed by atoms with E-state index in [1.165, 1.54) is 6.07 Å². The van der Waals surface area contributed by atoms with Crippen LogP contribution in [0.2, 0.25) is 0 Å². The Morgan fingerprint density at radius 2 is 2.15 bits per heavy atom. The minimum Gasteiger partial charge on any atom is -0.449 e. The maximum absolute atomic E-state index is 12.3. The molecule has 1 aliphatic heterocycles. The minimum absolute atomic E-state index is 0.128. The number of ether oxygens (including phenoxy) is 2. The van der Waals surface area contributed by atoms with Crippen LogP contribution in [0.3, 0.4) is 0 Å². The SMILES string of the molecule is CCCCCOC(=O)Nc1ccn([C@]2(O)O[C@H](CO)[C@@H](O)[C@@]2(C)O)c(=O)n1. The molecule has 5 N–H and O–H groups in total. The minimum atomic E-state index is -2.66. The molecule has 0 aliphatic carbocycles. The number of carbonyl (C=O) groups excluding carboxylic acids is 1. The summed E-state index contributed by atoms with van der Waals surface area (Å²) in [6, 6.07) is 1.19. The predicted octanol–water partition coefficient (Wildman–Crippen LogP) is -0.912. The van der Waals surface area contributed by atoms with Crippen molar-refractivity contribution in [1.29, 1.82) is 0 Å². The topological polar surface area (TPSA) is 163 Å². The quantitative estimate of drug-likeness (QED) is 0.373. The zero-order valence-electron chi connectivity index (χ0n) is 15.2. The van der Waals surface area contributed by atoms with Crippen LogP contribution in [0.1, 0.15) is 33.1 Å². The van der Waals surface area contributed by atoms with Crippen LogP contribution >= 0.6 is 0 Å². The number of nitrogens with one attached hydrogen (secondary N) is 1. The summed E-state index contributed by atoms with van der Waals surface area (Å²) in [7, 11) is 0. The first-order valence-electron chi connectivity index (χ1n) is 8.62. The molecule has 0 saturated carbocycles. The normalized spacial score (nSPS) is 30.3. The van der Waals surface area contributed by atoms with Gasteiger partial charge in [-0.05, 0) is 19.4 Å². The van der Waals surface area contributed by atoms with Crippen molar-refractivity contribution in [3.8, 4) is 0 Å². The molecule has 11 heteroatoms. The van der Waals surface area contributed by atoms with Gasteiger partial charge in [-0.2, -0.15) is 4.98 Å². The molecule has 1 fully saturated rings. The maximum Gasteiger partial charge on any atom is 0.412 e. The molecule has 1 aromatic rings. The molecule has 1 amide bonds. The number of rotatable bonds is 7. The Bertz CT molecular complexity index is 722. The molecule has 4 atom stereocenters. The number of amides is 1. The Morgan fingerprint density at radius 1 is 1.44 bits per heavy atom. The second-order valence-corrected chi connectivity index (χ2v) is 6.47. The fourth-order valence-electron chi connectivity index (χ4n) is 2.75. The van der Waals surface area contributed by atoms with Crippen LogP contribution in [-0.2, 0) is 15.4 Å². The molecular weight excluding hydrogens is 362 g/mol. The van der Waals surface area contributed by atoms with Gasteiger partial charge in [-0.25, -0.2) is 14.2 Å². The third-order valence-electron chi connectivity index (χ3n) is 4.42. The smallest absolute Gasteiger partial charge is 0.412 e. The van der Waals surface area contributed by atoms with Crippen molar-refractivity contribution in [2.24, 2.45) is 0 Å². The van der Waals surface area contributed by atoms with E-state index in [0.717, 1.165) is 26.0 Å². The van der Waals surface area contributed by atoms with Gasteiger partial charge in [0.05, 0.1) is 13.2 Å². The van der Waals surface area contributed by atoms with Crippen LogP contribution in [0.25, 0.3) is 0 Å². The summed E-state index contributed by atoms with van der Waals surface area (Å²) in [5, 5.41) is 42.5. The number of anilines is 1. The number of carbonyl (C=O) groups is 1. The van der Waals surface area contributed by atoms with Crippen LogP contribution in [0.15, 0.2) is 17.1 Å². The summed E-state index contributed by atoms with van der Waals surface area (Å²) >= 11 is 0. The molecular formula is C16H25N3O8. The van der Waals surface area contributed by atoms with Gasteiger partial charge in [0.2, 0.25) is 0 Å². The molecule has 1 aromatic heterocycles. The second-order valence-electron chi connectivity index (χ2n) is 6.47. The number of nitrogens with zero attached hydrogens (tertiary/aromatic N) is 2. The summed E-state index contributed by atoms with van der Waals surface area (Å²) in [5.74, 6) is -2.79. The van der Waals surface area contributed by atoms with Gasteiger partial charge in [0.1, 0.15) is 18.0 Å². The van der Waals surface area contributed by atoms with E-state index in [4.69, 9.17) is 9.47 Å². The summed E-state index contributed by atoms with van der Waals surface area (Å²) in [5.41, 5.74) is -3.37. The molecule has 11 nitrogen and oxygen atoms in total. The first-order valence-corrected chi connectivity index (χ1v) is 8.62. The third kappa shape index (κ3) is 4.12. The van der Waals surface area contributed by atoms with E-state index in [2.05, 4.69) is 10.3 Å². The Labute approximate surface area is 155 Å². The van der Waals surface area contributed by atoms with E-state index in [9.17, 15) is 30.0 Å². The van der Waals surface area contributed by atoms with Crippen molar-refractivity contribution in [2.45, 2.75) is 56.8 Å². The zero-order valence-corrected chi connectivity index (χ0v) is 15.2. The molecule has 152 valence electrons. The van der Waals surface area contributed by atoms with Gasteiger partial charge in [0.25, 0.3) is 5.91 Å². The number of aliphatic hydroxyl groups is 4. The highest BCUT2D eigenvalue weighted by molar-refractivity contribution is 5.83. The second kappa shape index (κ2) is 8.31. The van der Waals surface area contributed by atoms with Crippen LogP contribution in [0.4, 0.5) is 10.6 Å². The van der Waals surface area contributed by atoms with E-state index >= 15 is 0 Å². The Balaban J connectivity index is 2.15. The average molecular weight is 387 g/mol. The lowest BCUT2D eigenvalue weighted by atomic mass is 9.94. The Kier molecular flexibility index (Phi) is 6.54. The van der Waals surface area contributed by atoms with Gasteiger partial charge in [-0.1, -0.05) is 19.8 Å². The molecule has 0 bridgehead atoms. The van der Waals surface area contributed by atoms with Crippen molar-refractivity contribution in [2.75, 3.05) is 18.5 Å². The lowest BCUT2D eigenvalue weighted by molar-refractivity contribution is -0.321. The molecule has 2 heterocycles. The first-order chi connectivity index (χ1) is 12.7. The van der Waals surface area contributed by atoms with Crippen LogP contribution in [0.5, 0.6) is 0 Å². The van der Waals surface area contributed by atoms with Crippen molar-refractivity contribution in [3.63, 3.8) is 0 Å². The average Bonchev–Trinajstić information content (AvgIpc) is 2.79. The van der Waals surface area contributed by atoms with E-state index in [1.807, 2.05) is 6.92 Å². The van der Waals surface area contributed by atoms with Gasteiger partial charge in [0.15, 0.2) is 5.60 Å². The lowest BCUT2D eigenvalue weighted by Crippen LogP contribution is -2.58. The van der Waals surface area contributed by atoms with Gasteiger partial charge >= 0.3 is 11.8 Å². The summed E-state index contributed by atoms with van der Waals surface area (Å²) in [6.07, 6.45) is -0.112. The number of unbranched alkanes of at least 4 members (excludes halogenated alkanes) is 2. The molecule has 1 aliphatic rings. The molecule has 0 unspecified atom stereocenters. The first kappa shape index (κ1) is 21.3. The molecule has 0 aromatic carbocycles. The van der Waals surface area contributed by atoms with Gasteiger partial charge in [-0.15, -0.1) is 0 Å². The van der Waals surface area contributed by atoms with Gasteiger partial charge < -0.3 is 29.9 Å². The lowest BCUT2D eigenvalue weighted by Gasteiger charge is -2.35. The summed E-state index contributed by atoms with van der Waals surface area (Å²) < 4.78 is 10.6. The zero-order chi connectivity index (χ0) is 20.2. The van der Waals surface area contributed by atoms with E-state index in [-0.39, 0.29) is 12.4 Å². The summed E-state index contributed by atoms with van der Waals surface area (Å²) in [6.45, 7) is 2.61. The van der Waals surface area contributed by atoms with Crippen molar-refractivity contribution >= 4 is 11.9 Å². The van der Waals surface area contributed by atoms with Crippen LogP contribution in [0, 0.1) is 0 Å². The highest BCUT2D eigenvalue weighted by Crippen LogP contribution is 2.40.